The van der Waals surface area contributed by atoms with Gasteiger partial charge >= 0.3 is 0 Å². The van der Waals surface area contributed by atoms with E-state index in [0.717, 1.165) is 25.1 Å². The minimum absolute atomic E-state index is 0.0449. The van der Waals surface area contributed by atoms with Crippen molar-refractivity contribution in [1.29, 1.82) is 0 Å². The van der Waals surface area contributed by atoms with Crippen LogP contribution < -0.4 is 4.90 Å². The Morgan fingerprint density at radius 2 is 2.00 bits per heavy atom. The summed E-state index contributed by atoms with van der Waals surface area (Å²) in [6.07, 6.45) is 3.55. The Morgan fingerprint density at radius 3 is 2.71 bits per heavy atom. The van der Waals surface area contributed by atoms with Crippen molar-refractivity contribution >= 4 is 11.6 Å². The normalized spacial score (nSPS) is 16.8. The first-order chi connectivity index (χ1) is 13.6. The maximum Gasteiger partial charge on any atom is 0.276 e. The van der Waals surface area contributed by atoms with Gasteiger partial charge in [0.25, 0.3) is 11.8 Å². The molecule has 0 spiro atoms. The molecule has 7 heteroatoms. The molecule has 1 saturated heterocycles. The summed E-state index contributed by atoms with van der Waals surface area (Å²) in [6, 6.07) is 13.3. The molecular formula is C21H23N5O2. The molecule has 144 valence electrons. The smallest absolute Gasteiger partial charge is 0.276 e. The summed E-state index contributed by atoms with van der Waals surface area (Å²) in [5.41, 5.74) is 2.43. The van der Waals surface area contributed by atoms with E-state index in [1.54, 1.807) is 6.20 Å². The van der Waals surface area contributed by atoms with E-state index in [1.807, 2.05) is 66.4 Å². The van der Waals surface area contributed by atoms with Crippen LogP contribution in [0.1, 0.15) is 34.9 Å². The van der Waals surface area contributed by atoms with E-state index in [-0.39, 0.29) is 11.8 Å². The summed E-state index contributed by atoms with van der Waals surface area (Å²) in [4.78, 5) is 25.6. The Labute approximate surface area is 164 Å². The third kappa shape index (κ3) is 3.74. The highest BCUT2D eigenvalue weighted by Crippen LogP contribution is 2.27. The Bertz CT molecular complexity index is 937. The van der Waals surface area contributed by atoms with Crippen LogP contribution in [0.2, 0.25) is 0 Å². The van der Waals surface area contributed by atoms with E-state index in [9.17, 15) is 4.79 Å². The van der Waals surface area contributed by atoms with E-state index in [0.29, 0.717) is 29.5 Å². The monoisotopic (exact) mass is 377 g/mol. The zero-order valence-electron chi connectivity index (χ0n) is 16.1. The number of likely N-dealkylation sites (tertiary alicyclic amines) is 1. The third-order valence-corrected chi connectivity index (χ3v) is 5.03. The Hall–Kier alpha value is -3.22. The maximum atomic E-state index is 12.9. The number of anilines is 1. The second-order valence-electron chi connectivity index (χ2n) is 7.20. The molecule has 1 fully saturated rings. The van der Waals surface area contributed by atoms with Gasteiger partial charge in [-0.25, -0.2) is 0 Å². The maximum absolute atomic E-state index is 12.9. The summed E-state index contributed by atoms with van der Waals surface area (Å²) in [5, 5.41) is 4.14. The van der Waals surface area contributed by atoms with E-state index < -0.39 is 0 Å². The van der Waals surface area contributed by atoms with Gasteiger partial charge in [0.15, 0.2) is 5.82 Å². The highest BCUT2D eigenvalue weighted by atomic mass is 16.5. The Morgan fingerprint density at radius 1 is 1.18 bits per heavy atom. The SMILES string of the molecule is CN(C)c1ccc(C(=O)N2CCC[C@@H](c3noc(-c4ccccn4)n3)C2)cc1. The van der Waals surface area contributed by atoms with Gasteiger partial charge in [0.2, 0.25) is 0 Å². The molecule has 7 nitrogen and oxygen atoms in total. The molecule has 0 N–H and O–H groups in total. The summed E-state index contributed by atoms with van der Waals surface area (Å²) < 4.78 is 5.39. The van der Waals surface area contributed by atoms with E-state index in [1.165, 1.54) is 0 Å². The minimum Gasteiger partial charge on any atom is -0.378 e. The molecule has 0 radical (unpaired) electrons. The van der Waals surface area contributed by atoms with Gasteiger partial charge in [0.05, 0.1) is 0 Å². The van der Waals surface area contributed by atoms with Crippen molar-refractivity contribution in [2.45, 2.75) is 18.8 Å². The Balaban J connectivity index is 1.47. The first kappa shape index (κ1) is 18.2. The topological polar surface area (TPSA) is 75.4 Å². The second kappa shape index (κ2) is 7.80. The zero-order chi connectivity index (χ0) is 19.5. The van der Waals surface area contributed by atoms with Crippen LogP contribution in [0.3, 0.4) is 0 Å². The molecule has 2 aromatic heterocycles. The molecule has 0 saturated carbocycles. The number of benzene rings is 1. The van der Waals surface area contributed by atoms with Crippen LogP contribution in [-0.2, 0) is 0 Å². The van der Waals surface area contributed by atoms with E-state index in [2.05, 4.69) is 15.1 Å². The van der Waals surface area contributed by atoms with Crippen LogP contribution in [0.15, 0.2) is 53.2 Å². The van der Waals surface area contributed by atoms with Gasteiger partial charge < -0.3 is 14.3 Å². The van der Waals surface area contributed by atoms with Gasteiger partial charge in [0.1, 0.15) is 5.69 Å². The molecule has 1 aliphatic heterocycles. The third-order valence-electron chi connectivity index (χ3n) is 5.03. The van der Waals surface area contributed by atoms with Crippen molar-refractivity contribution in [2.24, 2.45) is 0 Å². The summed E-state index contributed by atoms with van der Waals surface area (Å²) in [5.74, 6) is 1.17. The fourth-order valence-corrected chi connectivity index (χ4v) is 3.45. The minimum atomic E-state index is 0.0449. The number of piperidine rings is 1. The van der Waals surface area contributed by atoms with Crippen molar-refractivity contribution < 1.29 is 9.32 Å². The molecule has 1 aliphatic rings. The number of amides is 1. The van der Waals surface area contributed by atoms with Gasteiger partial charge in [-0.05, 0) is 49.2 Å². The zero-order valence-corrected chi connectivity index (χ0v) is 16.1. The fraction of sp³-hybridized carbons (Fsp3) is 0.333. The Kier molecular flexibility index (Phi) is 5.06. The van der Waals surface area contributed by atoms with Crippen LogP contribution in [-0.4, -0.2) is 53.1 Å². The highest BCUT2D eigenvalue weighted by molar-refractivity contribution is 5.94. The fourth-order valence-electron chi connectivity index (χ4n) is 3.45. The van der Waals surface area contributed by atoms with Gasteiger partial charge in [-0.2, -0.15) is 4.98 Å². The average molecular weight is 377 g/mol. The van der Waals surface area contributed by atoms with Crippen molar-refractivity contribution in [3.8, 4) is 11.6 Å². The first-order valence-corrected chi connectivity index (χ1v) is 9.43. The lowest BCUT2D eigenvalue weighted by molar-refractivity contribution is 0.0703. The van der Waals surface area contributed by atoms with Crippen LogP contribution in [0.4, 0.5) is 5.69 Å². The van der Waals surface area contributed by atoms with Gasteiger partial charge in [0, 0.05) is 50.6 Å². The predicted molar refractivity (Wildman–Crippen MR) is 106 cm³/mol. The number of rotatable bonds is 4. The summed E-state index contributed by atoms with van der Waals surface area (Å²) in [7, 11) is 3.96. The molecule has 0 aliphatic carbocycles. The van der Waals surface area contributed by atoms with Crippen LogP contribution in [0, 0.1) is 0 Å². The molecule has 4 rings (SSSR count). The molecule has 3 aromatic rings. The van der Waals surface area contributed by atoms with Crippen LogP contribution in [0.5, 0.6) is 0 Å². The number of aromatic nitrogens is 3. The summed E-state index contributed by atoms with van der Waals surface area (Å²) in [6.45, 7) is 1.34. The quantitative estimate of drug-likeness (QED) is 0.695. The van der Waals surface area contributed by atoms with Gasteiger partial charge in [-0.1, -0.05) is 11.2 Å². The predicted octanol–water partition coefficient (Wildman–Crippen LogP) is 3.22. The first-order valence-electron chi connectivity index (χ1n) is 9.43. The molecule has 3 heterocycles. The average Bonchev–Trinajstić information content (AvgIpc) is 3.24. The second-order valence-corrected chi connectivity index (χ2v) is 7.20. The molecule has 28 heavy (non-hydrogen) atoms. The lowest BCUT2D eigenvalue weighted by Gasteiger charge is -2.31. The van der Waals surface area contributed by atoms with Crippen molar-refractivity contribution in [1.82, 2.24) is 20.0 Å². The van der Waals surface area contributed by atoms with Crippen molar-refractivity contribution in [3.05, 3.63) is 60.0 Å². The molecule has 1 amide bonds. The van der Waals surface area contributed by atoms with Gasteiger partial charge in [-0.3, -0.25) is 9.78 Å². The molecular weight excluding hydrogens is 354 g/mol. The highest BCUT2D eigenvalue weighted by Gasteiger charge is 2.28. The lowest BCUT2D eigenvalue weighted by Crippen LogP contribution is -2.39. The molecule has 1 atom stereocenters. The van der Waals surface area contributed by atoms with E-state index >= 15 is 0 Å². The number of carbonyl (C=O) groups excluding carboxylic acids is 1. The number of hydrogen-bond acceptors (Lipinski definition) is 6. The van der Waals surface area contributed by atoms with Crippen LogP contribution >= 0.6 is 0 Å². The number of carbonyl (C=O) groups is 1. The van der Waals surface area contributed by atoms with Gasteiger partial charge in [-0.15, -0.1) is 0 Å². The standard InChI is InChI=1S/C21H23N5O2/c1-25(2)17-10-8-15(9-11-17)21(27)26-13-5-6-16(14-26)19-23-20(28-24-19)18-7-3-4-12-22-18/h3-4,7-12,16H,5-6,13-14H2,1-2H3/t16-/m1/s1. The number of nitrogens with zero attached hydrogens (tertiary/aromatic N) is 5. The van der Waals surface area contributed by atoms with Crippen molar-refractivity contribution in [2.75, 3.05) is 32.1 Å². The van der Waals surface area contributed by atoms with Crippen LogP contribution in [0.25, 0.3) is 11.6 Å². The largest absolute Gasteiger partial charge is 0.378 e. The molecule has 0 bridgehead atoms. The number of hydrogen-bond donors (Lipinski definition) is 0. The molecule has 1 aromatic carbocycles. The molecule has 0 unspecified atom stereocenters. The lowest BCUT2D eigenvalue weighted by atomic mass is 9.96. The number of pyridine rings is 1. The summed E-state index contributed by atoms with van der Waals surface area (Å²) >= 11 is 0. The van der Waals surface area contributed by atoms with E-state index in [4.69, 9.17) is 4.52 Å². The van der Waals surface area contributed by atoms with Crippen molar-refractivity contribution in [3.63, 3.8) is 0 Å².